The minimum absolute atomic E-state index is 0.745. The van der Waals surface area contributed by atoms with Gasteiger partial charge in [0.05, 0.1) is 5.56 Å². The molecule has 0 fully saturated rings. The molecule has 0 radical (unpaired) electrons. The van der Waals surface area contributed by atoms with Crippen LogP contribution in [-0.4, -0.2) is 0 Å². The van der Waals surface area contributed by atoms with Crippen molar-refractivity contribution in [1.29, 1.82) is 5.26 Å². The monoisotopic (exact) mass is 256 g/mol. The number of thiophene rings is 1. The Balaban J connectivity index is 2.04. The van der Waals surface area contributed by atoms with Crippen LogP contribution in [-0.2, 0) is 13.0 Å². The highest BCUT2D eigenvalue weighted by Gasteiger charge is 2.01. The number of nitrogens with zero attached hydrogens (tertiary/aromatic N) is 1. The van der Waals surface area contributed by atoms with Crippen LogP contribution in [0.15, 0.2) is 29.6 Å². The molecule has 0 aliphatic rings. The van der Waals surface area contributed by atoms with E-state index in [4.69, 9.17) is 5.26 Å². The van der Waals surface area contributed by atoms with Crippen molar-refractivity contribution in [1.82, 2.24) is 0 Å². The number of nitrogens with one attached hydrogen (secondary N) is 1. The molecule has 2 aromatic rings. The summed E-state index contributed by atoms with van der Waals surface area (Å²) in [6.45, 7) is 5.09. The first-order chi connectivity index (χ1) is 8.72. The molecule has 0 bridgehead atoms. The fourth-order valence-corrected chi connectivity index (χ4v) is 2.63. The molecule has 18 heavy (non-hydrogen) atoms. The van der Waals surface area contributed by atoms with Gasteiger partial charge in [-0.3, -0.25) is 0 Å². The van der Waals surface area contributed by atoms with E-state index in [1.54, 1.807) is 11.3 Å². The van der Waals surface area contributed by atoms with Gasteiger partial charge in [0.2, 0.25) is 0 Å². The van der Waals surface area contributed by atoms with Gasteiger partial charge in [-0.1, -0.05) is 13.0 Å². The number of hydrogen-bond donors (Lipinski definition) is 1. The Bertz CT molecular complexity index is 578. The van der Waals surface area contributed by atoms with Crippen molar-refractivity contribution in [2.45, 2.75) is 26.8 Å². The molecule has 1 heterocycles. The zero-order valence-corrected chi connectivity index (χ0v) is 11.5. The third kappa shape index (κ3) is 2.91. The van der Waals surface area contributed by atoms with E-state index in [0.717, 1.165) is 24.2 Å². The second kappa shape index (κ2) is 5.70. The fraction of sp³-hybridized carbons (Fsp3) is 0.267. The molecule has 0 aliphatic heterocycles. The third-order valence-electron chi connectivity index (χ3n) is 2.98. The molecular weight excluding hydrogens is 240 g/mol. The summed E-state index contributed by atoms with van der Waals surface area (Å²) in [5.74, 6) is 0. The number of benzene rings is 1. The summed E-state index contributed by atoms with van der Waals surface area (Å²) in [4.78, 5) is 1.19. The maximum absolute atomic E-state index is 8.77. The second-order valence-corrected chi connectivity index (χ2v) is 5.26. The summed E-state index contributed by atoms with van der Waals surface area (Å²) >= 11 is 1.62. The van der Waals surface area contributed by atoms with Gasteiger partial charge in [0.15, 0.2) is 0 Å². The zero-order chi connectivity index (χ0) is 13.0. The van der Waals surface area contributed by atoms with E-state index in [0.29, 0.717) is 0 Å². The summed E-state index contributed by atoms with van der Waals surface area (Å²) in [6, 6.07) is 10.5. The molecule has 0 atom stereocenters. The first kappa shape index (κ1) is 12.7. The molecule has 3 heteroatoms. The summed E-state index contributed by atoms with van der Waals surface area (Å²) < 4.78 is 0. The van der Waals surface area contributed by atoms with Crippen LogP contribution in [0.2, 0.25) is 0 Å². The Kier molecular flexibility index (Phi) is 4.01. The first-order valence-electron chi connectivity index (χ1n) is 6.04. The Hall–Kier alpha value is -1.79. The van der Waals surface area contributed by atoms with Gasteiger partial charge in [0.1, 0.15) is 6.07 Å². The lowest BCUT2D eigenvalue weighted by atomic mass is 10.1. The maximum atomic E-state index is 8.77. The van der Waals surface area contributed by atoms with Gasteiger partial charge < -0.3 is 5.32 Å². The molecule has 92 valence electrons. The van der Waals surface area contributed by atoms with Crippen molar-refractivity contribution >= 4 is 17.0 Å². The number of hydrogen-bond acceptors (Lipinski definition) is 3. The number of nitriles is 1. The van der Waals surface area contributed by atoms with Gasteiger partial charge in [-0.2, -0.15) is 5.26 Å². The van der Waals surface area contributed by atoms with E-state index in [1.165, 1.54) is 16.0 Å². The maximum Gasteiger partial charge on any atom is 0.100 e. The molecule has 1 aromatic heterocycles. The van der Waals surface area contributed by atoms with Gasteiger partial charge in [-0.25, -0.2) is 0 Å². The molecule has 0 saturated heterocycles. The van der Waals surface area contributed by atoms with Crippen LogP contribution in [0.5, 0.6) is 0 Å². The number of rotatable bonds is 4. The minimum Gasteiger partial charge on any atom is -0.380 e. The number of aryl methyl sites for hydroxylation is 2. The fourth-order valence-electron chi connectivity index (χ4n) is 1.88. The molecule has 0 spiro atoms. The van der Waals surface area contributed by atoms with Gasteiger partial charge in [0.25, 0.3) is 0 Å². The average molecular weight is 256 g/mol. The molecule has 0 saturated carbocycles. The van der Waals surface area contributed by atoms with Crippen LogP contribution in [0.1, 0.15) is 28.5 Å². The Morgan fingerprint density at radius 3 is 2.83 bits per heavy atom. The Morgan fingerprint density at radius 1 is 1.33 bits per heavy atom. The number of anilines is 1. The standard InChI is InChI=1S/C15H16N2S/c1-3-13-7-14(5-4-11(13)2)17-9-15-6-12(8-16)10-18-15/h4-7,10,17H,3,9H2,1-2H3. The van der Waals surface area contributed by atoms with Gasteiger partial charge in [0, 0.05) is 22.5 Å². The lowest BCUT2D eigenvalue weighted by Crippen LogP contribution is -1.98. The minimum atomic E-state index is 0.745. The van der Waals surface area contributed by atoms with Crippen LogP contribution in [0.25, 0.3) is 0 Å². The van der Waals surface area contributed by atoms with E-state index in [2.05, 4.69) is 43.4 Å². The molecule has 0 amide bonds. The van der Waals surface area contributed by atoms with Gasteiger partial charge in [-0.15, -0.1) is 11.3 Å². The molecular formula is C15H16N2S. The highest BCUT2D eigenvalue weighted by Crippen LogP contribution is 2.19. The summed E-state index contributed by atoms with van der Waals surface area (Å²) in [5, 5.41) is 14.1. The van der Waals surface area contributed by atoms with Crippen molar-refractivity contribution < 1.29 is 0 Å². The third-order valence-corrected chi connectivity index (χ3v) is 3.92. The van der Waals surface area contributed by atoms with Crippen molar-refractivity contribution in [3.8, 4) is 6.07 Å². The topological polar surface area (TPSA) is 35.8 Å². The summed E-state index contributed by atoms with van der Waals surface area (Å²) in [7, 11) is 0. The predicted octanol–water partition coefficient (Wildman–Crippen LogP) is 4.10. The SMILES string of the molecule is CCc1cc(NCc2cc(C#N)cs2)ccc1C. The average Bonchev–Trinajstić information content (AvgIpc) is 2.86. The molecule has 2 rings (SSSR count). The largest absolute Gasteiger partial charge is 0.380 e. The summed E-state index contributed by atoms with van der Waals surface area (Å²) in [5.41, 5.74) is 4.61. The molecule has 0 aliphatic carbocycles. The van der Waals surface area contributed by atoms with E-state index in [1.807, 2.05) is 11.4 Å². The quantitative estimate of drug-likeness (QED) is 0.893. The Labute approximate surface area is 112 Å². The summed E-state index contributed by atoms with van der Waals surface area (Å²) in [6.07, 6.45) is 1.05. The van der Waals surface area contributed by atoms with Crippen LogP contribution in [0, 0.1) is 18.3 Å². The van der Waals surface area contributed by atoms with E-state index < -0.39 is 0 Å². The molecule has 1 aromatic carbocycles. The first-order valence-corrected chi connectivity index (χ1v) is 6.91. The highest BCUT2D eigenvalue weighted by atomic mass is 32.1. The smallest absolute Gasteiger partial charge is 0.100 e. The van der Waals surface area contributed by atoms with Crippen LogP contribution < -0.4 is 5.32 Å². The molecule has 1 N–H and O–H groups in total. The van der Waals surface area contributed by atoms with Crippen LogP contribution >= 0.6 is 11.3 Å². The van der Waals surface area contributed by atoms with Crippen molar-refractivity contribution in [3.05, 3.63) is 51.2 Å². The second-order valence-electron chi connectivity index (χ2n) is 4.26. The zero-order valence-electron chi connectivity index (χ0n) is 10.7. The molecule has 2 nitrogen and oxygen atoms in total. The van der Waals surface area contributed by atoms with Crippen molar-refractivity contribution in [3.63, 3.8) is 0 Å². The highest BCUT2D eigenvalue weighted by molar-refractivity contribution is 7.10. The molecule has 0 unspecified atom stereocenters. The van der Waals surface area contributed by atoms with E-state index in [-0.39, 0.29) is 0 Å². The van der Waals surface area contributed by atoms with E-state index in [9.17, 15) is 0 Å². The Morgan fingerprint density at radius 2 is 2.17 bits per heavy atom. The van der Waals surface area contributed by atoms with Crippen molar-refractivity contribution in [2.24, 2.45) is 0 Å². The van der Waals surface area contributed by atoms with E-state index >= 15 is 0 Å². The van der Waals surface area contributed by atoms with Crippen LogP contribution in [0.3, 0.4) is 0 Å². The lowest BCUT2D eigenvalue weighted by molar-refractivity contribution is 1.10. The van der Waals surface area contributed by atoms with Gasteiger partial charge in [-0.05, 0) is 42.7 Å². The lowest BCUT2D eigenvalue weighted by Gasteiger charge is -2.09. The van der Waals surface area contributed by atoms with Crippen LogP contribution in [0.4, 0.5) is 5.69 Å². The van der Waals surface area contributed by atoms with Gasteiger partial charge >= 0.3 is 0 Å². The van der Waals surface area contributed by atoms with Crippen molar-refractivity contribution in [2.75, 3.05) is 5.32 Å². The normalized spacial score (nSPS) is 10.1. The predicted molar refractivity (Wildman–Crippen MR) is 76.9 cm³/mol.